The molecule has 2 rings (SSSR count). The molecule has 1 aliphatic rings. The van der Waals surface area contributed by atoms with E-state index < -0.39 is 4.92 Å². The van der Waals surface area contributed by atoms with Gasteiger partial charge in [-0.15, -0.1) is 0 Å². The Morgan fingerprint density at radius 2 is 2.39 bits per heavy atom. The van der Waals surface area contributed by atoms with Crippen LogP contribution in [0.5, 0.6) is 0 Å². The van der Waals surface area contributed by atoms with Crippen molar-refractivity contribution in [3.63, 3.8) is 0 Å². The Balaban J connectivity index is 1.97. The smallest absolute Gasteiger partial charge is 0.358 e. The molecule has 96 valence electrons. The maximum atomic E-state index is 11.8. The van der Waals surface area contributed by atoms with Gasteiger partial charge >= 0.3 is 5.82 Å². The number of carbonyl (C=O) groups is 2. The Bertz CT molecular complexity index is 497. The first kappa shape index (κ1) is 12.0. The Kier molecular flexibility index (Phi) is 3.22. The third-order valence-corrected chi connectivity index (χ3v) is 2.50. The molecule has 0 aliphatic carbocycles. The van der Waals surface area contributed by atoms with Crippen molar-refractivity contribution in [3.8, 4) is 0 Å². The van der Waals surface area contributed by atoms with Gasteiger partial charge in [0.1, 0.15) is 6.54 Å². The Morgan fingerprint density at radius 1 is 1.61 bits per heavy atom. The molecule has 0 saturated carbocycles. The normalized spacial score (nSPS) is 15.3. The van der Waals surface area contributed by atoms with E-state index in [-0.39, 0.29) is 30.7 Å². The van der Waals surface area contributed by atoms with E-state index in [4.69, 9.17) is 0 Å². The van der Waals surface area contributed by atoms with Crippen LogP contribution in [0.4, 0.5) is 5.82 Å². The third-order valence-electron chi connectivity index (χ3n) is 2.50. The van der Waals surface area contributed by atoms with Gasteiger partial charge in [0.05, 0.1) is 23.9 Å². The van der Waals surface area contributed by atoms with Crippen LogP contribution in [0.3, 0.4) is 0 Å². The molecule has 9 heteroatoms. The van der Waals surface area contributed by atoms with Crippen molar-refractivity contribution in [1.29, 1.82) is 0 Å². The van der Waals surface area contributed by atoms with Crippen molar-refractivity contribution in [3.05, 3.63) is 22.4 Å². The van der Waals surface area contributed by atoms with Crippen LogP contribution in [0, 0.1) is 10.1 Å². The van der Waals surface area contributed by atoms with E-state index in [1.807, 2.05) is 0 Å². The first-order valence-electron chi connectivity index (χ1n) is 5.28. The molecule has 1 aromatic rings. The van der Waals surface area contributed by atoms with Crippen LogP contribution in [0.15, 0.2) is 12.3 Å². The van der Waals surface area contributed by atoms with E-state index in [0.717, 1.165) is 0 Å². The van der Waals surface area contributed by atoms with Crippen LogP contribution in [0.2, 0.25) is 0 Å². The number of aromatic nitrogens is 2. The molecule has 0 unspecified atom stereocenters. The molecular formula is C9H11N5O4. The average molecular weight is 253 g/mol. The van der Waals surface area contributed by atoms with Crippen LogP contribution < -0.4 is 5.32 Å². The molecule has 1 N–H and O–H groups in total. The molecule has 0 atom stereocenters. The third kappa shape index (κ3) is 2.62. The number of rotatable bonds is 3. The van der Waals surface area contributed by atoms with E-state index in [1.54, 1.807) is 0 Å². The molecule has 1 saturated heterocycles. The highest BCUT2D eigenvalue weighted by Gasteiger charge is 2.22. The number of hydrogen-bond donors (Lipinski definition) is 1. The summed E-state index contributed by atoms with van der Waals surface area (Å²) in [4.78, 5) is 34.1. The van der Waals surface area contributed by atoms with Crippen LogP contribution >= 0.6 is 0 Å². The molecule has 2 amide bonds. The predicted octanol–water partition coefficient (Wildman–Crippen LogP) is -1.25. The summed E-state index contributed by atoms with van der Waals surface area (Å²) >= 11 is 0. The van der Waals surface area contributed by atoms with Gasteiger partial charge in [-0.2, -0.15) is 4.68 Å². The highest BCUT2D eigenvalue weighted by atomic mass is 16.6. The van der Waals surface area contributed by atoms with E-state index >= 15 is 0 Å². The molecule has 1 aromatic heterocycles. The van der Waals surface area contributed by atoms with Gasteiger partial charge in [0.15, 0.2) is 0 Å². The van der Waals surface area contributed by atoms with Crippen LogP contribution in [0.1, 0.15) is 0 Å². The first-order valence-corrected chi connectivity index (χ1v) is 5.28. The molecule has 1 aliphatic heterocycles. The molecule has 18 heavy (non-hydrogen) atoms. The van der Waals surface area contributed by atoms with Gasteiger partial charge in [0.2, 0.25) is 11.8 Å². The second-order valence-corrected chi connectivity index (χ2v) is 3.79. The van der Waals surface area contributed by atoms with Crippen molar-refractivity contribution in [2.45, 2.75) is 6.54 Å². The fourth-order valence-corrected chi connectivity index (χ4v) is 1.63. The molecule has 0 bridgehead atoms. The monoisotopic (exact) mass is 253 g/mol. The summed E-state index contributed by atoms with van der Waals surface area (Å²) in [7, 11) is 0. The number of nitrogens with one attached hydrogen (secondary N) is 1. The molecule has 9 nitrogen and oxygen atoms in total. The zero-order valence-electron chi connectivity index (χ0n) is 9.40. The van der Waals surface area contributed by atoms with Crippen LogP contribution in [0.25, 0.3) is 0 Å². The zero-order valence-corrected chi connectivity index (χ0v) is 9.40. The number of nitrogens with zero attached hydrogens (tertiary/aromatic N) is 4. The standard InChI is InChI=1S/C9H11N5O4/c15-8-5-12(4-2-10-8)9(16)6-13-3-1-7(11-13)14(17)18/h1,3H,2,4-6H2,(H,10,15). The lowest BCUT2D eigenvalue weighted by molar-refractivity contribution is -0.389. The van der Waals surface area contributed by atoms with Crippen molar-refractivity contribution < 1.29 is 14.5 Å². The minimum Gasteiger partial charge on any atom is -0.358 e. The summed E-state index contributed by atoms with van der Waals surface area (Å²) in [5, 5.41) is 16.7. The van der Waals surface area contributed by atoms with Gasteiger partial charge in [0, 0.05) is 13.1 Å². The number of carbonyl (C=O) groups excluding carboxylic acids is 2. The quantitative estimate of drug-likeness (QED) is 0.534. The van der Waals surface area contributed by atoms with Crippen molar-refractivity contribution >= 4 is 17.6 Å². The fourth-order valence-electron chi connectivity index (χ4n) is 1.63. The number of amides is 2. The summed E-state index contributed by atoms with van der Waals surface area (Å²) in [6.07, 6.45) is 1.36. The minimum atomic E-state index is -0.630. The van der Waals surface area contributed by atoms with Crippen LogP contribution in [-0.2, 0) is 16.1 Å². The van der Waals surface area contributed by atoms with E-state index in [1.165, 1.54) is 21.8 Å². The molecule has 1 fully saturated rings. The minimum absolute atomic E-state index is 0.0161. The summed E-state index contributed by atoms with van der Waals surface area (Å²) < 4.78 is 1.19. The number of piperazine rings is 1. The molecule has 0 radical (unpaired) electrons. The lowest BCUT2D eigenvalue weighted by Crippen LogP contribution is -2.50. The van der Waals surface area contributed by atoms with E-state index in [9.17, 15) is 19.7 Å². The summed E-state index contributed by atoms with van der Waals surface area (Å²) in [5.41, 5.74) is 0. The van der Waals surface area contributed by atoms with Crippen molar-refractivity contribution in [2.24, 2.45) is 0 Å². The maximum Gasteiger partial charge on any atom is 0.389 e. The topological polar surface area (TPSA) is 110 Å². The number of hydrogen-bond acceptors (Lipinski definition) is 5. The van der Waals surface area contributed by atoms with Gasteiger partial charge < -0.3 is 20.3 Å². The molecule has 0 spiro atoms. The second kappa shape index (κ2) is 4.82. The Labute approximate surface area is 102 Å². The fraction of sp³-hybridized carbons (Fsp3) is 0.444. The second-order valence-electron chi connectivity index (χ2n) is 3.79. The Hall–Kier alpha value is -2.45. The molecule has 2 heterocycles. The summed E-state index contributed by atoms with van der Waals surface area (Å²) in [6.45, 7) is 0.765. The predicted molar refractivity (Wildman–Crippen MR) is 58.5 cm³/mol. The maximum absolute atomic E-state index is 11.8. The van der Waals surface area contributed by atoms with Gasteiger partial charge in [-0.1, -0.05) is 0 Å². The highest BCUT2D eigenvalue weighted by molar-refractivity contribution is 5.85. The van der Waals surface area contributed by atoms with Crippen molar-refractivity contribution in [1.82, 2.24) is 20.0 Å². The van der Waals surface area contributed by atoms with Gasteiger partial charge in [0.25, 0.3) is 0 Å². The van der Waals surface area contributed by atoms with E-state index in [2.05, 4.69) is 10.4 Å². The van der Waals surface area contributed by atoms with Gasteiger partial charge in [-0.3, -0.25) is 9.59 Å². The first-order chi connectivity index (χ1) is 8.56. The molecular weight excluding hydrogens is 242 g/mol. The number of nitro groups is 1. The van der Waals surface area contributed by atoms with Gasteiger partial charge in [-0.25, -0.2) is 0 Å². The largest absolute Gasteiger partial charge is 0.389 e. The zero-order chi connectivity index (χ0) is 13.1. The lowest BCUT2D eigenvalue weighted by atomic mass is 10.3. The summed E-state index contributed by atoms with van der Waals surface area (Å²) in [6, 6.07) is 1.22. The van der Waals surface area contributed by atoms with Crippen LogP contribution in [-0.4, -0.2) is 51.1 Å². The van der Waals surface area contributed by atoms with Gasteiger partial charge in [-0.05, 0) is 4.92 Å². The SMILES string of the molecule is O=C1CN(C(=O)Cn2ccc([N+](=O)[O-])n2)CCN1. The Morgan fingerprint density at radius 3 is 3.00 bits per heavy atom. The van der Waals surface area contributed by atoms with E-state index in [0.29, 0.717) is 13.1 Å². The molecule has 0 aromatic carbocycles. The van der Waals surface area contributed by atoms with Crippen molar-refractivity contribution in [2.75, 3.05) is 19.6 Å². The summed E-state index contributed by atoms with van der Waals surface area (Å²) in [5.74, 6) is -0.803. The average Bonchev–Trinajstić information content (AvgIpc) is 2.77. The lowest BCUT2D eigenvalue weighted by Gasteiger charge is -2.26. The highest BCUT2D eigenvalue weighted by Crippen LogP contribution is 2.06.